The van der Waals surface area contributed by atoms with Crippen LogP contribution in [-0.4, -0.2) is 12.1 Å². The molecule has 1 heterocycles. The maximum absolute atomic E-state index is 5.83. The van der Waals surface area contributed by atoms with E-state index in [0.29, 0.717) is 5.69 Å². The monoisotopic (exact) mass is 260 g/mol. The molecular weight excluding hydrogens is 244 g/mol. The Labute approximate surface area is 111 Å². The van der Waals surface area contributed by atoms with Crippen LogP contribution in [0.5, 0.6) is 5.75 Å². The summed E-state index contributed by atoms with van der Waals surface area (Å²) in [6, 6.07) is 5.87. The fourth-order valence-electron chi connectivity index (χ4n) is 2.32. The molecule has 3 nitrogen and oxygen atoms in total. The van der Waals surface area contributed by atoms with Gasteiger partial charge in [-0.2, -0.15) is 0 Å². The molecule has 3 rings (SSSR count). The molecule has 18 heavy (non-hydrogen) atoms. The van der Waals surface area contributed by atoms with E-state index in [-0.39, 0.29) is 0 Å². The topological polar surface area (TPSA) is 48.1 Å². The number of hydrogen-bond acceptors (Lipinski definition) is 4. The van der Waals surface area contributed by atoms with Gasteiger partial charge in [-0.05, 0) is 43.9 Å². The molecule has 0 saturated heterocycles. The summed E-state index contributed by atoms with van der Waals surface area (Å²) < 4.78 is 5.26. The number of fused-ring (bicyclic) bond motifs is 1. The first-order valence-electron chi connectivity index (χ1n) is 6.20. The molecule has 0 aliphatic heterocycles. The molecule has 94 valence electrons. The van der Waals surface area contributed by atoms with Crippen molar-refractivity contribution in [1.29, 1.82) is 0 Å². The smallest absolute Gasteiger partial charge is 0.142 e. The van der Waals surface area contributed by atoms with Crippen LogP contribution in [0.25, 0.3) is 10.6 Å². The fraction of sp³-hybridized carbons (Fsp3) is 0.357. The quantitative estimate of drug-likeness (QED) is 0.843. The molecule has 1 aliphatic carbocycles. The molecule has 0 atom stereocenters. The highest BCUT2D eigenvalue weighted by Gasteiger charge is 2.16. The van der Waals surface area contributed by atoms with E-state index in [1.165, 1.54) is 29.8 Å². The van der Waals surface area contributed by atoms with Crippen molar-refractivity contribution in [2.24, 2.45) is 0 Å². The summed E-state index contributed by atoms with van der Waals surface area (Å²) >= 11 is 1.81. The van der Waals surface area contributed by atoms with Crippen molar-refractivity contribution in [3.63, 3.8) is 0 Å². The van der Waals surface area contributed by atoms with Crippen LogP contribution in [0, 0.1) is 0 Å². The first-order chi connectivity index (χ1) is 8.78. The third-order valence-electron chi connectivity index (χ3n) is 3.33. The molecule has 1 aliphatic rings. The number of ether oxygens (including phenoxy) is 1. The first-order valence-corrected chi connectivity index (χ1v) is 7.02. The molecule has 2 N–H and O–H groups in total. The summed E-state index contributed by atoms with van der Waals surface area (Å²) in [5.74, 6) is 0.723. The van der Waals surface area contributed by atoms with Crippen LogP contribution < -0.4 is 10.5 Å². The van der Waals surface area contributed by atoms with Crippen molar-refractivity contribution < 1.29 is 4.74 Å². The van der Waals surface area contributed by atoms with Gasteiger partial charge in [0.05, 0.1) is 18.5 Å². The van der Waals surface area contributed by atoms with Crippen molar-refractivity contribution in [2.75, 3.05) is 12.8 Å². The van der Waals surface area contributed by atoms with Crippen molar-refractivity contribution in [3.8, 4) is 16.3 Å². The Morgan fingerprint density at radius 3 is 2.89 bits per heavy atom. The highest BCUT2D eigenvalue weighted by Crippen LogP contribution is 2.35. The number of nitrogen functional groups attached to an aromatic ring is 1. The van der Waals surface area contributed by atoms with Crippen molar-refractivity contribution in [2.45, 2.75) is 25.7 Å². The van der Waals surface area contributed by atoms with Gasteiger partial charge < -0.3 is 10.5 Å². The lowest BCUT2D eigenvalue weighted by molar-refractivity contribution is 0.417. The van der Waals surface area contributed by atoms with Crippen molar-refractivity contribution in [3.05, 3.63) is 28.8 Å². The van der Waals surface area contributed by atoms with E-state index in [2.05, 4.69) is 0 Å². The van der Waals surface area contributed by atoms with Gasteiger partial charge >= 0.3 is 0 Å². The standard InChI is InChI=1S/C14H16N2OS/c1-17-12-8-9(6-7-10(12)15)14-16-11-4-2-3-5-13(11)18-14/h6-8H,2-5,15H2,1H3. The Balaban J connectivity index is 2.01. The Morgan fingerprint density at radius 2 is 2.11 bits per heavy atom. The van der Waals surface area contributed by atoms with Gasteiger partial charge in [0.15, 0.2) is 0 Å². The number of benzene rings is 1. The third kappa shape index (κ3) is 1.97. The van der Waals surface area contributed by atoms with Crippen LogP contribution in [0.15, 0.2) is 18.2 Å². The second-order valence-corrected chi connectivity index (χ2v) is 5.64. The SMILES string of the molecule is COc1cc(-c2nc3c(s2)CCCC3)ccc1N. The molecule has 4 heteroatoms. The van der Waals surface area contributed by atoms with E-state index in [1.807, 2.05) is 18.2 Å². The average molecular weight is 260 g/mol. The number of aromatic nitrogens is 1. The number of methoxy groups -OCH3 is 1. The van der Waals surface area contributed by atoms with E-state index < -0.39 is 0 Å². The van der Waals surface area contributed by atoms with E-state index in [9.17, 15) is 0 Å². The number of thiazole rings is 1. The van der Waals surface area contributed by atoms with E-state index in [4.69, 9.17) is 15.5 Å². The molecule has 0 fully saturated rings. The van der Waals surface area contributed by atoms with Gasteiger partial charge in [-0.1, -0.05) is 0 Å². The number of nitrogens with zero attached hydrogens (tertiary/aromatic N) is 1. The molecule has 0 bridgehead atoms. The first kappa shape index (κ1) is 11.5. The van der Waals surface area contributed by atoms with Crippen LogP contribution >= 0.6 is 11.3 Å². The molecular formula is C14H16N2OS. The zero-order valence-corrected chi connectivity index (χ0v) is 11.2. The van der Waals surface area contributed by atoms with Gasteiger partial charge in [-0.15, -0.1) is 11.3 Å². The van der Waals surface area contributed by atoms with Gasteiger partial charge in [-0.3, -0.25) is 0 Å². The fourth-order valence-corrected chi connectivity index (χ4v) is 3.47. The molecule has 0 spiro atoms. The minimum Gasteiger partial charge on any atom is -0.495 e. The molecule has 1 aromatic heterocycles. The summed E-state index contributed by atoms with van der Waals surface area (Å²) in [6.07, 6.45) is 4.86. The molecule has 1 aromatic carbocycles. The Bertz CT molecular complexity index is 554. The van der Waals surface area contributed by atoms with Gasteiger partial charge in [-0.25, -0.2) is 4.98 Å². The zero-order chi connectivity index (χ0) is 12.5. The van der Waals surface area contributed by atoms with Crippen LogP contribution in [-0.2, 0) is 12.8 Å². The number of aryl methyl sites for hydroxylation is 2. The Morgan fingerprint density at radius 1 is 1.28 bits per heavy atom. The minimum atomic E-state index is 0.669. The van der Waals surface area contributed by atoms with E-state index in [1.54, 1.807) is 18.4 Å². The van der Waals surface area contributed by atoms with Crippen LogP contribution in [0.3, 0.4) is 0 Å². The van der Waals surface area contributed by atoms with Gasteiger partial charge in [0.25, 0.3) is 0 Å². The molecule has 0 radical (unpaired) electrons. The maximum atomic E-state index is 5.83. The minimum absolute atomic E-state index is 0.669. The maximum Gasteiger partial charge on any atom is 0.142 e. The van der Waals surface area contributed by atoms with Crippen LogP contribution in [0.1, 0.15) is 23.4 Å². The predicted octanol–water partition coefficient (Wildman–Crippen LogP) is 3.28. The van der Waals surface area contributed by atoms with Crippen molar-refractivity contribution in [1.82, 2.24) is 4.98 Å². The van der Waals surface area contributed by atoms with E-state index in [0.717, 1.165) is 22.7 Å². The molecule has 0 saturated carbocycles. The summed E-state index contributed by atoms with van der Waals surface area (Å²) in [5.41, 5.74) is 8.89. The van der Waals surface area contributed by atoms with Gasteiger partial charge in [0.1, 0.15) is 10.8 Å². The number of hydrogen-bond donors (Lipinski definition) is 1. The Hall–Kier alpha value is -1.55. The van der Waals surface area contributed by atoms with Gasteiger partial charge in [0, 0.05) is 10.4 Å². The highest BCUT2D eigenvalue weighted by molar-refractivity contribution is 7.15. The lowest BCUT2D eigenvalue weighted by Crippen LogP contribution is -1.98. The highest BCUT2D eigenvalue weighted by atomic mass is 32.1. The average Bonchev–Trinajstić information content (AvgIpc) is 2.83. The van der Waals surface area contributed by atoms with Gasteiger partial charge in [0.2, 0.25) is 0 Å². The largest absolute Gasteiger partial charge is 0.495 e. The summed E-state index contributed by atoms with van der Waals surface area (Å²) in [4.78, 5) is 6.20. The van der Waals surface area contributed by atoms with Crippen LogP contribution in [0.4, 0.5) is 5.69 Å². The van der Waals surface area contributed by atoms with Crippen LogP contribution in [0.2, 0.25) is 0 Å². The number of rotatable bonds is 2. The second kappa shape index (κ2) is 4.61. The number of nitrogens with two attached hydrogens (primary N) is 1. The zero-order valence-electron chi connectivity index (χ0n) is 10.4. The van der Waals surface area contributed by atoms with Crippen molar-refractivity contribution >= 4 is 17.0 Å². The lowest BCUT2D eigenvalue weighted by atomic mass is 10.0. The lowest BCUT2D eigenvalue weighted by Gasteiger charge is -2.06. The summed E-state index contributed by atoms with van der Waals surface area (Å²) in [6.45, 7) is 0. The molecule has 0 amide bonds. The molecule has 2 aromatic rings. The normalized spacial score (nSPS) is 14.3. The predicted molar refractivity (Wildman–Crippen MR) is 75.2 cm³/mol. The van der Waals surface area contributed by atoms with E-state index >= 15 is 0 Å². The summed E-state index contributed by atoms with van der Waals surface area (Å²) in [7, 11) is 1.64. The second-order valence-electron chi connectivity index (χ2n) is 4.55. The molecule has 0 unspecified atom stereocenters. The summed E-state index contributed by atoms with van der Waals surface area (Å²) in [5, 5.41) is 1.08. The Kier molecular flexibility index (Phi) is 2.96. The third-order valence-corrected chi connectivity index (χ3v) is 4.53. The number of anilines is 1.